The summed E-state index contributed by atoms with van der Waals surface area (Å²) >= 11 is 0. The van der Waals surface area contributed by atoms with Crippen LogP contribution in [0.15, 0.2) is 0 Å². The van der Waals surface area contributed by atoms with E-state index in [9.17, 15) is 13.8 Å². The lowest BCUT2D eigenvalue weighted by Crippen LogP contribution is -2.05. The molecule has 0 aromatic heterocycles. The predicted octanol–water partition coefficient (Wildman–Crippen LogP) is 0.448. The molecule has 0 atom stereocenters. The van der Waals surface area contributed by atoms with Crippen LogP contribution in [-0.2, 0) is 18.6 Å². The van der Waals surface area contributed by atoms with Crippen molar-refractivity contribution in [1.29, 1.82) is 0 Å². The third-order valence-electron chi connectivity index (χ3n) is 0.659. The van der Waals surface area contributed by atoms with E-state index in [2.05, 4.69) is 9.05 Å². The Bertz CT molecular complexity index is 159. The fourth-order valence-electron chi connectivity index (χ4n) is 0.389. The van der Waals surface area contributed by atoms with Crippen molar-refractivity contribution in [2.75, 3.05) is 6.66 Å². The summed E-state index contributed by atoms with van der Waals surface area (Å²) in [4.78, 5) is 20.2. The fourth-order valence-corrected chi connectivity index (χ4v) is 1.17. The standard InChI is InChI=1S/C3H3FO4P/c1-9(4)7-2(5)3(6)8-9/h1H3/q+1. The second kappa shape index (κ2) is 1.64. The van der Waals surface area contributed by atoms with Crippen LogP contribution >= 0.6 is 8.03 Å². The molecular formula is C3H3FO4P+. The van der Waals surface area contributed by atoms with Gasteiger partial charge in [0.25, 0.3) is 0 Å². The Morgan fingerprint density at radius 2 is 1.67 bits per heavy atom. The van der Waals surface area contributed by atoms with Gasteiger partial charge in [0.1, 0.15) is 0 Å². The van der Waals surface area contributed by atoms with E-state index in [0.717, 1.165) is 6.66 Å². The normalized spacial score (nSPS) is 23.3. The van der Waals surface area contributed by atoms with Crippen molar-refractivity contribution in [1.82, 2.24) is 0 Å². The number of rotatable bonds is 0. The quantitative estimate of drug-likeness (QED) is 0.374. The van der Waals surface area contributed by atoms with Crippen molar-refractivity contribution in [3.8, 4) is 0 Å². The molecule has 0 radical (unpaired) electrons. The molecule has 0 aromatic carbocycles. The molecule has 9 heavy (non-hydrogen) atoms. The van der Waals surface area contributed by atoms with Crippen LogP contribution < -0.4 is 0 Å². The molecular weight excluding hydrogens is 150 g/mol. The van der Waals surface area contributed by atoms with E-state index in [0.29, 0.717) is 0 Å². The zero-order valence-corrected chi connectivity index (χ0v) is 5.35. The summed E-state index contributed by atoms with van der Waals surface area (Å²) in [7, 11) is -3.60. The summed E-state index contributed by atoms with van der Waals surface area (Å²) in [6.45, 7) is 0.940. The van der Waals surface area contributed by atoms with Gasteiger partial charge in [0.05, 0.1) is 0 Å². The van der Waals surface area contributed by atoms with Gasteiger partial charge in [0, 0.05) is 4.20 Å². The molecule has 0 spiro atoms. The van der Waals surface area contributed by atoms with Gasteiger partial charge >= 0.3 is 20.0 Å². The third-order valence-corrected chi connectivity index (χ3v) is 1.64. The van der Waals surface area contributed by atoms with Crippen LogP contribution in [0, 0.1) is 0 Å². The third kappa shape index (κ3) is 1.16. The Balaban J connectivity index is 2.76. The summed E-state index contributed by atoms with van der Waals surface area (Å²) < 4.78 is 20.1. The fraction of sp³-hybridized carbons (Fsp3) is 0.333. The van der Waals surface area contributed by atoms with Gasteiger partial charge in [-0.25, -0.2) is 18.6 Å². The van der Waals surface area contributed by atoms with Crippen molar-refractivity contribution >= 4 is 20.0 Å². The lowest BCUT2D eigenvalue weighted by atomic mass is 10.7. The molecule has 4 nitrogen and oxygen atoms in total. The predicted molar refractivity (Wildman–Crippen MR) is 26.1 cm³/mol. The minimum Gasteiger partial charge on any atom is -0.233 e. The number of hydrogen-bond acceptors (Lipinski definition) is 4. The largest absolute Gasteiger partial charge is 0.554 e. The molecule has 0 amide bonds. The minimum absolute atomic E-state index is 0.940. The molecule has 0 aliphatic carbocycles. The Kier molecular flexibility index (Phi) is 1.17. The summed E-state index contributed by atoms with van der Waals surface area (Å²) in [5, 5.41) is 0. The van der Waals surface area contributed by atoms with E-state index in [-0.39, 0.29) is 0 Å². The maximum atomic E-state index is 12.3. The lowest BCUT2D eigenvalue weighted by Gasteiger charge is -1.91. The molecule has 1 heterocycles. The monoisotopic (exact) mass is 153 g/mol. The Morgan fingerprint density at radius 3 is 1.78 bits per heavy atom. The minimum atomic E-state index is -3.60. The number of carbonyl (C=O) groups is 2. The summed E-state index contributed by atoms with van der Waals surface area (Å²) in [6.07, 6.45) is 0. The highest BCUT2D eigenvalue weighted by Gasteiger charge is 2.56. The van der Waals surface area contributed by atoms with Gasteiger partial charge in [-0.3, -0.25) is 0 Å². The molecule has 1 saturated heterocycles. The molecule has 0 saturated carbocycles. The first-order valence-electron chi connectivity index (χ1n) is 2.05. The molecule has 6 heteroatoms. The van der Waals surface area contributed by atoms with Crippen LogP contribution in [0.1, 0.15) is 0 Å². The zero-order chi connectivity index (χ0) is 7.07. The highest BCUT2D eigenvalue weighted by molar-refractivity contribution is 7.62. The summed E-state index contributed by atoms with van der Waals surface area (Å²) in [5.41, 5.74) is 0. The lowest BCUT2D eigenvalue weighted by molar-refractivity contribution is -0.150. The second-order valence-electron chi connectivity index (χ2n) is 1.50. The van der Waals surface area contributed by atoms with Crippen molar-refractivity contribution in [3.05, 3.63) is 0 Å². The Hall–Kier alpha value is -0.700. The van der Waals surface area contributed by atoms with Crippen LogP contribution in [0.5, 0.6) is 0 Å². The molecule has 0 unspecified atom stereocenters. The molecule has 0 N–H and O–H groups in total. The van der Waals surface area contributed by atoms with Crippen LogP contribution in [0.2, 0.25) is 0 Å². The van der Waals surface area contributed by atoms with Gasteiger partial charge in [-0.2, -0.15) is 0 Å². The van der Waals surface area contributed by atoms with Gasteiger partial charge in [0.2, 0.25) is 0 Å². The van der Waals surface area contributed by atoms with E-state index in [1.165, 1.54) is 0 Å². The molecule has 0 bridgehead atoms. The van der Waals surface area contributed by atoms with Gasteiger partial charge in [-0.15, -0.1) is 0 Å². The number of halogens is 1. The smallest absolute Gasteiger partial charge is 0.233 e. The summed E-state index contributed by atoms with van der Waals surface area (Å²) in [6, 6.07) is 0. The average Bonchev–Trinajstić information content (AvgIpc) is 1.79. The Morgan fingerprint density at radius 1 is 1.33 bits per heavy atom. The highest BCUT2D eigenvalue weighted by atomic mass is 31.2. The van der Waals surface area contributed by atoms with Crippen LogP contribution in [0.3, 0.4) is 0 Å². The zero-order valence-electron chi connectivity index (χ0n) is 4.46. The topological polar surface area (TPSA) is 52.6 Å². The van der Waals surface area contributed by atoms with Crippen molar-refractivity contribution in [2.45, 2.75) is 0 Å². The van der Waals surface area contributed by atoms with Crippen LogP contribution in [0.25, 0.3) is 0 Å². The maximum Gasteiger partial charge on any atom is 0.554 e. The highest BCUT2D eigenvalue weighted by Crippen LogP contribution is 2.62. The first-order valence-corrected chi connectivity index (χ1v) is 4.01. The van der Waals surface area contributed by atoms with E-state index >= 15 is 0 Å². The van der Waals surface area contributed by atoms with Crippen LogP contribution in [-0.4, -0.2) is 18.6 Å². The molecule has 0 aromatic rings. The summed E-state index contributed by atoms with van der Waals surface area (Å²) in [5.74, 6) is -2.48. The van der Waals surface area contributed by atoms with E-state index in [1.54, 1.807) is 0 Å². The SMILES string of the molecule is C[P+]1(F)OC(=O)C(=O)O1. The molecule has 1 aliphatic rings. The van der Waals surface area contributed by atoms with Crippen molar-refractivity contribution < 1.29 is 22.8 Å². The van der Waals surface area contributed by atoms with Gasteiger partial charge in [-0.05, 0) is 0 Å². The first-order chi connectivity index (χ1) is 4.01. The maximum absolute atomic E-state index is 12.3. The second-order valence-corrected chi connectivity index (χ2v) is 3.36. The average molecular weight is 153 g/mol. The van der Waals surface area contributed by atoms with Crippen molar-refractivity contribution in [2.24, 2.45) is 0 Å². The van der Waals surface area contributed by atoms with Gasteiger partial charge in [-0.1, -0.05) is 0 Å². The number of carbonyl (C=O) groups excluding carboxylic acids is 2. The van der Waals surface area contributed by atoms with Crippen molar-refractivity contribution in [3.63, 3.8) is 0 Å². The molecule has 1 rings (SSSR count). The van der Waals surface area contributed by atoms with E-state index in [4.69, 9.17) is 0 Å². The number of hydrogen-bond donors (Lipinski definition) is 0. The molecule has 1 fully saturated rings. The van der Waals surface area contributed by atoms with Gasteiger partial charge in [0.15, 0.2) is 6.66 Å². The molecule has 1 aliphatic heterocycles. The van der Waals surface area contributed by atoms with E-state index in [1.807, 2.05) is 0 Å². The van der Waals surface area contributed by atoms with E-state index < -0.39 is 20.0 Å². The van der Waals surface area contributed by atoms with Gasteiger partial charge < -0.3 is 0 Å². The Labute approximate surface area is 50.6 Å². The molecule has 50 valence electrons. The first kappa shape index (κ1) is 6.42. The van der Waals surface area contributed by atoms with Crippen LogP contribution in [0.4, 0.5) is 4.20 Å².